The van der Waals surface area contributed by atoms with E-state index in [0.29, 0.717) is 21.4 Å². The summed E-state index contributed by atoms with van der Waals surface area (Å²) in [6.07, 6.45) is 1.39. The fraction of sp³-hybridized carbons (Fsp3) is 0.0556. The molecule has 11 heteroatoms. The molecule has 0 radical (unpaired) electrons. The van der Waals surface area contributed by atoms with Crippen LogP contribution in [0.25, 0.3) is 5.69 Å². The molecule has 2 amide bonds. The fourth-order valence-corrected chi connectivity index (χ4v) is 3.30. The zero-order valence-corrected chi connectivity index (χ0v) is 15.7. The Morgan fingerprint density at radius 1 is 1.14 bits per heavy atom. The van der Waals surface area contributed by atoms with Crippen LogP contribution in [0.1, 0.15) is 26.1 Å². The molecule has 29 heavy (non-hydrogen) atoms. The Bertz CT molecular complexity index is 1180. The number of nitrogens with one attached hydrogen (secondary N) is 2. The average Bonchev–Trinajstić information content (AvgIpc) is 3.45. The van der Waals surface area contributed by atoms with Gasteiger partial charge in [0, 0.05) is 0 Å². The summed E-state index contributed by atoms with van der Waals surface area (Å²) in [7, 11) is 0. The number of halogens is 1. The average molecular weight is 412 g/mol. The van der Waals surface area contributed by atoms with Crippen molar-refractivity contribution in [1.82, 2.24) is 20.2 Å². The molecule has 2 N–H and O–H groups in total. The molecule has 0 saturated heterocycles. The quantitative estimate of drug-likeness (QED) is 0.520. The largest absolute Gasteiger partial charge is 0.459 e. The highest BCUT2D eigenvalue weighted by Crippen LogP contribution is 2.25. The molecule has 0 saturated carbocycles. The lowest BCUT2D eigenvalue weighted by atomic mass is 10.2. The van der Waals surface area contributed by atoms with Crippen LogP contribution in [-0.2, 0) is 0 Å². The first-order valence-electron chi connectivity index (χ1n) is 8.32. The van der Waals surface area contributed by atoms with E-state index in [-0.39, 0.29) is 11.4 Å². The summed E-state index contributed by atoms with van der Waals surface area (Å²) in [6.45, 7) is 1.70. The summed E-state index contributed by atoms with van der Waals surface area (Å²) in [6, 6.07) is 10.4. The Balaban J connectivity index is 1.49. The summed E-state index contributed by atoms with van der Waals surface area (Å²) < 4.78 is 20.6. The van der Waals surface area contributed by atoms with Crippen LogP contribution in [0, 0.1) is 12.7 Å². The van der Waals surface area contributed by atoms with Gasteiger partial charge in [-0.1, -0.05) is 0 Å². The molecular formula is C18H13FN6O3S. The van der Waals surface area contributed by atoms with Crippen LogP contribution < -0.4 is 10.6 Å². The molecule has 0 bridgehead atoms. The van der Waals surface area contributed by atoms with Gasteiger partial charge in [0.2, 0.25) is 0 Å². The SMILES string of the molecule is Cc1nnnn1-c1ccc(F)c(NC(=O)c2ccc(NC(=O)c3ccco3)s2)c1. The molecule has 0 fully saturated rings. The predicted octanol–water partition coefficient (Wildman–Crippen LogP) is 3.27. The second-order valence-corrected chi connectivity index (χ2v) is 6.94. The lowest BCUT2D eigenvalue weighted by Crippen LogP contribution is -2.12. The standard InChI is InChI=1S/C18H13FN6O3S/c1-10-22-23-24-25(10)11-4-5-12(19)13(9-11)20-18(27)15-6-7-16(29-15)21-17(26)14-3-2-8-28-14/h2-9H,1H3,(H,20,27)(H,21,26). The van der Waals surface area contributed by atoms with Gasteiger partial charge in [-0.15, -0.1) is 16.4 Å². The fourth-order valence-electron chi connectivity index (χ4n) is 2.50. The van der Waals surface area contributed by atoms with Gasteiger partial charge in [-0.3, -0.25) is 9.59 Å². The molecule has 9 nitrogen and oxygen atoms in total. The van der Waals surface area contributed by atoms with Gasteiger partial charge < -0.3 is 15.1 Å². The zero-order valence-electron chi connectivity index (χ0n) is 14.9. The van der Waals surface area contributed by atoms with E-state index < -0.39 is 17.6 Å². The number of nitrogens with zero attached hydrogens (tertiary/aromatic N) is 4. The maximum atomic E-state index is 14.2. The van der Waals surface area contributed by atoms with Crippen molar-refractivity contribution in [2.75, 3.05) is 10.6 Å². The lowest BCUT2D eigenvalue weighted by molar-refractivity contribution is 0.0995. The van der Waals surface area contributed by atoms with Gasteiger partial charge >= 0.3 is 0 Å². The Morgan fingerprint density at radius 2 is 2.00 bits per heavy atom. The molecule has 0 spiro atoms. The Morgan fingerprint density at radius 3 is 2.72 bits per heavy atom. The van der Waals surface area contributed by atoms with Crippen LogP contribution in [0.5, 0.6) is 0 Å². The van der Waals surface area contributed by atoms with Crippen molar-refractivity contribution in [3.63, 3.8) is 0 Å². The van der Waals surface area contributed by atoms with E-state index in [0.717, 1.165) is 11.3 Å². The molecule has 0 atom stereocenters. The number of carbonyl (C=O) groups is 2. The number of benzene rings is 1. The van der Waals surface area contributed by atoms with Crippen LogP contribution in [0.2, 0.25) is 0 Å². The highest BCUT2D eigenvalue weighted by molar-refractivity contribution is 7.18. The van der Waals surface area contributed by atoms with Crippen LogP contribution >= 0.6 is 11.3 Å². The molecule has 146 valence electrons. The first-order chi connectivity index (χ1) is 14.0. The molecule has 1 aromatic carbocycles. The third-order valence-corrected chi connectivity index (χ3v) is 4.88. The van der Waals surface area contributed by atoms with E-state index in [1.165, 1.54) is 41.3 Å². The van der Waals surface area contributed by atoms with Crippen molar-refractivity contribution < 1.29 is 18.4 Å². The van der Waals surface area contributed by atoms with E-state index in [9.17, 15) is 14.0 Å². The van der Waals surface area contributed by atoms with Crippen LogP contribution in [0.15, 0.2) is 53.1 Å². The van der Waals surface area contributed by atoms with E-state index in [1.54, 1.807) is 19.1 Å². The van der Waals surface area contributed by atoms with Crippen LogP contribution in [-0.4, -0.2) is 32.0 Å². The first kappa shape index (κ1) is 18.5. The third kappa shape index (κ3) is 3.89. The maximum absolute atomic E-state index is 14.2. The van der Waals surface area contributed by atoms with Gasteiger partial charge in [-0.05, 0) is 59.8 Å². The van der Waals surface area contributed by atoms with E-state index >= 15 is 0 Å². The van der Waals surface area contributed by atoms with Crippen molar-refractivity contribution in [2.24, 2.45) is 0 Å². The Labute approximate surface area is 167 Å². The number of carbonyl (C=O) groups excluding carboxylic acids is 2. The molecule has 4 rings (SSSR count). The minimum atomic E-state index is -0.601. The summed E-state index contributed by atoms with van der Waals surface area (Å²) >= 11 is 1.05. The van der Waals surface area contributed by atoms with Crippen molar-refractivity contribution in [1.29, 1.82) is 0 Å². The number of hydrogen-bond donors (Lipinski definition) is 2. The Hall–Kier alpha value is -3.86. The molecule has 3 heterocycles. The van der Waals surface area contributed by atoms with Gasteiger partial charge in [0.1, 0.15) is 5.82 Å². The molecule has 0 aliphatic heterocycles. The molecule has 3 aromatic heterocycles. The minimum absolute atomic E-state index is 0.0167. The number of rotatable bonds is 5. The number of tetrazole rings is 1. The summed E-state index contributed by atoms with van der Waals surface area (Å²) in [5.41, 5.74) is 0.485. The predicted molar refractivity (Wildman–Crippen MR) is 103 cm³/mol. The van der Waals surface area contributed by atoms with E-state index in [1.807, 2.05) is 0 Å². The molecule has 4 aromatic rings. The summed E-state index contributed by atoms with van der Waals surface area (Å²) in [5, 5.41) is 16.8. The third-order valence-electron chi connectivity index (χ3n) is 3.88. The number of furan rings is 1. The second-order valence-electron chi connectivity index (χ2n) is 5.85. The molecule has 0 aliphatic carbocycles. The topological polar surface area (TPSA) is 115 Å². The second kappa shape index (κ2) is 7.64. The van der Waals surface area contributed by atoms with Crippen molar-refractivity contribution in [3.8, 4) is 5.69 Å². The number of aromatic nitrogens is 4. The highest BCUT2D eigenvalue weighted by Gasteiger charge is 2.16. The number of thiophene rings is 1. The van der Waals surface area contributed by atoms with Gasteiger partial charge in [-0.25, -0.2) is 4.39 Å². The molecule has 0 unspecified atom stereocenters. The number of anilines is 2. The Kier molecular flexibility index (Phi) is 4.87. The van der Waals surface area contributed by atoms with E-state index in [2.05, 4.69) is 26.2 Å². The number of amides is 2. The van der Waals surface area contributed by atoms with Crippen molar-refractivity contribution in [2.45, 2.75) is 6.92 Å². The van der Waals surface area contributed by atoms with Gasteiger partial charge in [0.25, 0.3) is 11.8 Å². The normalized spacial score (nSPS) is 10.7. The monoisotopic (exact) mass is 412 g/mol. The van der Waals surface area contributed by atoms with Gasteiger partial charge in [0.05, 0.1) is 27.5 Å². The first-order valence-corrected chi connectivity index (χ1v) is 9.14. The summed E-state index contributed by atoms with van der Waals surface area (Å²) in [5.74, 6) is -0.877. The van der Waals surface area contributed by atoms with E-state index in [4.69, 9.17) is 4.42 Å². The zero-order chi connectivity index (χ0) is 20.4. The number of hydrogen-bond acceptors (Lipinski definition) is 7. The smallest absolute Gasteiger partial charge is 0.291 e. The van der Waals surface area contributed by atoms with Crippen LogP contribution in [0.4, 0.5) is 15.1 Å². The molecule has 0 aliphatic rings. The lowest BCUT2D eigenvalue weighted by Gasteiger charge is -2.08. The van der Waals surface area contributed by atoms with Crippen molar-refractivity contribution in [3.05, 3.63) is 71.0 Å². The highest BCUT2D eigenvalue weighted by atomic mass is 32.1. The number of aryl methyl sites for hydroxylation is 1. The van der Waals surface area contributed by atoms with Gasteiger partial charge in [-0.2, -0.15) is 4.68 Å². The summed E-state index contributed by atoms with van der Waals surface area (Å²) in [4.78, 5) is 24.8. The van der Waals surface area contributed by atoms with Crippen LogP contribution in [0.3, 0.4) is 0 Å². The van der Waals surface area contributed by atoms with Gasteiger partial charge in [0.15, 0.2) is 11.6 Å². The minimum Gasteiger partial charge on any atom is -0.459 e. The maximum Gasteiger partial charge on any atom is 0.291 e. The van der Waals surface area contributed by atoms with Crippen molar-refractivity contribution >= 4 is 33.8 Å². The molecular weight excluding hydrogens is 399 g/mol.